The lowest BCUT2D eigenvalue weighted by atomic mass is 10.2. The van der Waals surface area contributed by atoms with Crippen LogP contribution < -0.4 is 5.32 Å². The Bertz CT molecular complexity index is 652. The van der Waals surface area contributed by atoms with Crippen molar-refractivity contribution in [1.29, 1.82) is 0 Å². The minimum Gasteiger partial charge on any atom is -0.341 e. The number of amides is 2. The lowest BCUT2D eigenvalue weighted by Gasteiger charge is -2.12. The van der Waals surface area contributed by atoms with E-state index in [4.69, 9.17) is 0 Å². The molecule has 1 aliphatic rings. The zero-order chi connectivity index (χ0) is 13.9. The number of aromatic nitrogens is 1. The molecule has 6 heteroatoms. The molecule has 2 aromatic rings. The Morgan fingerprint density at radius 3 is 2.95 bits per heavy atom. The van der Waals surface area contributed by atoms with Gasteiger partial charge in [0.05, 0.1) is 6.54 Å². The Kier molecular flexibility index (Phi) is 3.47. The first-order valence-corrected chi connectivity index (χ1v) is 7.06. The molecule has 0 atom stereocenters. The number of anilines is 1. The molecule has 1 aromatic carbocycles. The number of fused-ring (bicyclic) bond motifs is 1. The Morgan fingerprint density at radius 1 is 1.35 bits per heavy atom. The SMILES string of the molecule is O=C(CC(=O)N1CC=CS1)Nc1cc2ccccc2[nH]1. The Hall–Kier alpha value is -2.21. The van der Waals surface area contributed by atoms with Crippen LogP contribution in [0.4, 0.5) is 5.82 Å². The molecule has 0 unspecified atom stereocenters. The summed E-state index contributed by atoms with van der Waals surface area (Å²) in [5.74, 6) is 0.110. The fourth-order valence-electron chi connectivity index (χ4n) is 2.02. The molecule has 0 aliphatic carbocycles. The zero-order valence-corrected chi connectivity index (χ0v) is 11.4. The van der Waals surface area contributed by atoms with Crippen molar-refractivity contribution in [3.8, 4) is 0 Å². The van der Waals surface area contributed by atoms with Crippen molar-refractivity contribution in [2.45, 2.75) is 6.42 Å². The van der Waals surface area contributed by atoms with Gasteiger partial charge in [0.2, 0.25) is 11.8 Å². The topological polar surface area (TPSA) is 65.2 Å². The molecule has 1 aliphatic heterocycles. The first-order valence-electron chi connectivity index (χ1n) is 6.22. The van der Waals surface area contributed by atoms with E-state index >= 15 is 0 Å². The van der Waals surface area contributed by atoms with Crippen molar-refractivity contribution in [2.75, 3.05) is 11.9 Å². The second-order valence-electron chi connectivity index (χ2n) is 4.43. The predicted molar refractivity (Wildman–Crippen MR) is 80.0 cm³/mol. The summed E-state index contributed by atoms with van der Waals surface area (Å²) >= 11 is 1.32. The first-order chi connectivity index (χ1) is 9.72. The van der Waals surface area contributed by atoms with Crippen molar-refractivity contribution < 1.29 is 9.59 Å². The minimum absolute atomic E-state index is 0.149. The van der Waals surface area contributed by atoms with Gasteiger partial charge in [0, 0.05) is 10.9 Å². The van der Waals surface area contributed by atoms with Crippen LogP contribution in [0.15, 0.2) is 41.8 Å². The maximum Gasteiger partial charge on any atom is 0.242 e. The van der Waals surface area contributed by atoms with Crippen molar-refractivity contribution in [1.82, 2.24) is 9.29 Å². The van der Waals surface area contributed by atoms with Crippen LogP contribution in [0.3, 0.4) is 0 Å². The van der Waals surface area contributed by atoms with E-state index in [-0.39, 0.29) is 18.2 Å². The fourth-order valence-corrected chi connectivity index (χ4v) is 2.69. The summed E-state index contributed by atoms with van der Waals surface area (Å²) in [6.07, 6.45) is 1.74. The van der Waals surface area contributed by atoms with Gasteiger partial charge >= 0.3 is 0 Å². The molecule has 0 radical (unpaired) electrons. The zero-order valence-electron chi connectivity index (χ0n) is 10.6. The fraction of sp³-hybridized carbons (Fsp3) is 0.143. The number of benzene rings is 1. The van der Waals surface area contributed by atoms with Crippen LogP contribution in [0.1, 0.15) is 6.42 Å². The molecule has 1 aromatic heterocycles. The highest BCUT2D eigenvalue weighted by Crippen LogP contribution is 2.20. The number of hydrogen-bond donors (Lipinski definition) is 2. The molecule has 2 amide bonds. The number of nitrogens with one attached hydrogen (secondary N) is 2. The third-order valence-electron chi connectivity index (χ3n) is 2.95. The van der Waals surface area contributed by atoms with Crippen molar-refractivity contribution >= 4 is 40.5 Å². The van der Waals surface area contributed by atoms with Gasteiger partial charge in [-0.2, -0.15) is 0 Å². The molecule has 0 saturated heterocycles. The second-order valence-corrected chi connectivity index (χ2v) is 5.35. The normalized spacial score (nSPS) is 13.9. The van der Waals surface area contributed by atoms with Gasteiger partial charge in [-0.1, -0.05) is 24.3 Å². The highest BCUT2D eigenvalue weighted by atomic mass is 32.2. The third-order valence-corrected chi connectivity index (χ3v) is 3.87. The van der Waals surface area contributed by atoms with Crippen molar-refractivity contribution in [3.05, 3.63) is 41.8 Å². The maximum absolute atomic E-state index is 11.8. The molecule has 3 rings (SSSR count). The number of carbonyl (C=O) groups excluding carboxylic acids is 2. The van der Waals surface area contributed by atoms with Crippen LogP contribution in [0.25, 0.3) is 10.9 Å². The summed E-state index contributed by atoms with van der Waals surface area (Å²) in [6.45, 7) is 0.559. The predicted octanol–water partition coefficient (Wildman–Crippen LogP) is 2.50. The molecule has 0 fully saturated rings. The van der Waals surface area contributed by atoms with Gasteiger partial charge in [0.25, 0.3) is 0 Å². The van der Waals surface area contributed by atoms with Gasteiger partial charge in [0.15, 0.2) is 0 Å². The molecule has 102 valence electrons. The Labute approximate surface area is 120 Å². The molecule has 20 heavy (non-hydrogen) atoms. The standard InChI is InChI=1S/C14H13N3O2S/c18-13(9-14(19)17-6-3-7-20-17)16-12-8-10-4-1-2-5-11(10)15-12/h1-5,7-8,15H,6,9H2,(H,16,18). The van der Waals surface area contributed by atoms with E-state index in [2.05, 4.69) is 10.3 Å². The van der Waals surface area contributed by atoms with Crippen LogP contribution in [-0.2, 0) is 9.59 Å². The first kappa shape index (κ1) is 12.8. The van der Waals surface area contributed by atoms with Crippen LogP contribution in [0, 0.1) is 0 Å². The number of aromatic amines is 1. The number of H-pyrrole nitrogens is 1. The lowest BCUT2D eigenvalue weighted by Crippen LogP contribution is -2.26. The largest absolute Gasteiger partial charge is 0.341 e. The third kappa shape index (κ3) is 2.70. The van der Waals surface area contributed by atoms with E-state index in [1.54, 1.807) is 4.31 Å². The van der Waals surface area contributed by atoms with E-state index in [0.717, 1.165) is 10.9 Å². The van der Waals surface area contributed by atoms with E-state index in [0.29, 0.717) is 12.4 Å². The Morgan fingerprint density at radius 2 is 2.20 bits per heavy atom. The maximum atomic E-state index is 11.8. The van der Waals surface area contributed by atoms with Gasteiger partial charge in [-0.15, -0.1) is 0 Å². The monoisotopic (exact) mass is 287 g/mol. The van der Waals surface area contributed by atoms with Crippen molar-refractivity contribution in [3.63, 3.8) is 0 Å². The van der Waals surface area contributed by atoms with E-state index in [1.807, 2.05) is 41.8 Å². The summed E-state index contributed by atoms with van der Waals surface area (Å²) in [4.78, 5) is 26.8. The Balaban J connectivity index is 1.62. The van der Waals surface area contributed by atoms with Crippen LogP contribution in [0.2, 0.25) is 0 Å². The molecule has 2 heterocycles. The molecule has 0 spiro atoms. The number of rotatable bonds is 3. The quantitative estimate of drug-likeness (QED) is 0.673. The van der Waals surface area contributed by atoms with Gasteiger partial charge in [-0.25, -0.2) is 0 Å². The van der Waals surface area contributed by atoms with Gasteiger partial charge in [0.1, 0.15) is 12.2 Å². The molecule has 5 nitrogen and oxygen atoms in total. The van der Waals surface area contributed by atoms with Gasteiger partial charge in [-0.3, -0.25) is 13.9 Å². The second kappa shape index (κ2) is 5.42. The van der Waals surface area contributed by atoms with Gasteiger partial charge < -0.3 is 10.3 Å². The van der Waals surface area contributed by atoms with E-state index in [9.17, 15) is 9.59 Å². The number of para-hydroxylation sites is 1. The van der Waals surface area contributed by atoms with Crippen molar-refractivity contribution in [2.24, 2.45) is 0 Å². The van der Waals surface area contributed by atoms with E-state index < -0.39 is 0 Å². The smallest absolute Gasteiger partial charge is 0.242 e. The minimum atomic E-state index is -0.311. The number of nitrogens with zero attached hydrogens (tertiary/aromatic N) is 1. The van der Waals surface area contributed by atoms with E-state index in [1.165, 1.54) is 11.9 Å². The average Bonchev–Trinajstić information content (AvgIpc) is 3.07. The van der Waals surface area contributed by atoms with Crippen LogP contribution in [0.5, 0.6) is 0 Å². The summed E-state index contributed by atoms with van der Waals surface area (Å²) < 4.78 is 1.56. The highest BCUT2D eigenvalue weighted by molar-refractivity contribution is 8.00. The summed E-state index contributed by atoms with van der Waals surface area (Å²) in [5.41, 5.74) is 0.952. The highest BCUT2D eigenvalue weighted by Gasteiger charge is 2.19. The van der Waals surface area contributed by atoms with Crippen LogP contribution in [-0.4, -0.2) is 27.6 Å². The van der Waals surface area contributed by atoms with Gasteiger partial charge in [-0.05, 0) is 29.5 Å². The average molecular weight is 287 g/mol. The summed E-state index contributed by atoms with van der Waals surface area (Å²) in [5, 5.41) is 5.58. The molecule has 2 N–H and O–H groups in total. The number of hydrogen-bond acceptors (Lipinski definition) is 3. The summed E-state index contributed by atoms with van der Waals surface area (Å²) in [6, 6.07) is 9.60. The number of carbonyl (C=O) groups is 2. The van der Waals surface area contributed by atoms with Crippen LogP contribution >= 0.6 is 11.9 Å². The molecular formula is C14H13N3O2S. The molecule has 0 saturated carbocycles. The molecule has 0 bridgehead atoms. The summed E-state index contributed by atoms with van der Waals surface area (Å²) in [7, 11) is 0. The molecular weight excluding hydrogens is 274 g/mol. The lowest BCUT2D eigenvalue weighted by molar-refractivity contribution is -0.130.